The highest BCUT2D eigenvalue weighted by Crippen LogP contribution is 2.30. The quantitative estimate of drug-likeness (QED) is 0.357. The number of halogens is 1. The molecule has 10 nitrogen and oxygen atoms in total. The lowest BCUT2D eigenvalue weighted by atomic mass is 10.1. The van der Waals surface area contributed by atoms with Crippen molar-refractivity contribution < 1.29 is 22.5 Å². The molecule has 0 spiro atoms. The lowest BCUT2D eigenvalue weighted by Crippen LogP contribution is -2.24. The molecule has 180 valence electrons. The number of aromatic nitrogens is 3. The van der Waals surface area contributed by atoms with Crippen LogP contribution in [0.15, 0.2) is 42.4 Å². The molecule has 3 aromatic rings. The van der Waals surface area contributed by atoms with Crippen LogP contribution in [-0.4, -0.2) is 53.0 Å². The Balaban J connectivity index is 1.44. The molecule has 0 unspecified atom stereocenters. The van der Waals surface area contributed by atoms with Crippen LogP contribution in [0.2, 0.25) is 5.02 Å². The summed E-state index contributed by atoms with van der Waals surface area (Å²) in [5.74, 6) is -0.298. The predicted molar refractivity (Wildman–Crippen MR) is 127 cm³/mol. The number of pyridine rings is 1. The van der Waals surface area contributed by atoms with E-state index < -0.39 is 22.3 Å². The molecular weight excluding hydrogens is 502 g/mol. The van der Waals surface area contributed by atoms with Gasteiger partial charge in [0.2, 0.25) is 5.78 Å². The van der Waals surface area contributed by atoms with Crippen LogP contribution in [0.1, 0.15) is 39.2 Å². The lowest BCUT2D eigenvalue weighted by Gasteiger charge is -2.15. The minimum Gasteiger partial charge on any atom is -0.393 e. The average Bonchev–Trinajstić information content (AvgIpc) is 3.38. The minimum atomic E-state index is -4.09. The molecule has 4 N–H and O–H groups in total. The summed E-state index contributed by atoms with van der Waals surface area (Å²) in [6.45, 7) is -0.214. The van der Waals surface area contributed by atoms with Gasteiger partial charge in [0.05, 0.1) is 28.2 Å². The summed E-state index contributed by atoms with van der Waals surface area (Å²) in [6, 6.07) is 3.42. The van der Waals surface area contributed by atoms with Crippen LogP contribution in [0.4, 0.5) is 5.82 Å². The second-order valence-electron chi connectivity index (χ2n) is 8.04. The van der Waals surface area contributed by atoms with E-state index in [9.17, 15) is 18.3 Å². The number of aliphatic hydroxyl groups is 1. The number of anilines is 1. The number of hydrogen-bond acceptors (Lipinski definition) is 10. The van der Waals surface area contributed by atoms with Gasteiger partial charge in [0, 0.05) is 30.6 Å². The number of aliphatic hydroxyl groups excluding tert-OH is 1. The Morgan fingerprint density at radius 1 is 1.24 bits per heavy atom. The topological polar surface area (TPSA) is 157 Å². The second kappa shape index (κ2) is 10.4. The van der Waals surface area contributed by atoms with E-state index in [1.54, 1.807) is 12.4 Å². The zero-order valence-corrected chi connectivity index (χ0v) is 20.2. The van der Waals surface area contributed by atoms with Gasteiger partial charge in [-0.25, -0.2) is 15.1 Å². The molecule has 34 heavy (non-hydrogen) atoms. The molecule has 1 aliphatic carbocycles. The molecule has 0 radical (unpaired) electrons. The first kappa shape index (κ1) is 24.6. The van der Waals surface area contributed by atoms with Crippen LogP contribution in [-0.2, 0) is 20.9 Å². The smallest absolute Gasteiger partial charge is 0.333 e. The van der Waals surface area contributed by atoms with Gasteiger partial charge in [0.25, 0.3) is 0 Å². The SMILES string of the molecule is NS(=O)(=O)OC[C@H]1C[C@@H](Nc2ncncc2C(=O)c2cc(Cc3cncc(Cl)c3)cs2)C[C@@H]1O. The van der Waals surface area contributed by atoms with Crippen LogP contribution in [0.5, 0.6) is 0 Å². The Labute approximate surface area is 205 Å². The third kappa shape index (κ3) is 6.34. The maximum atomic E-state index is 13.2. The highest BCUT2D eigenvalue weighted by atomic mass is 35.5. The largest absolute Gasteiger partial charge is 0.393 e. The standard InChI is InChI=1S/C21H22ClN5O5S2/c22-15-2-12(6-24-7-15)1-13-3-19(33-10-13)20(29)17-8-25-11-26-21(17)27-16-4-14(18(28)5-16)9-32-34(23,30)31/h2-3,6-8,10-11,14,16,18,28H,1,4-5,9H2,(H2,23,30,31)(H,25,26,27)/t14-,16-,18+/m1/s1. The normalized spacial score (nSPS) is 20.4. The molecule has 0 saturated heterocycles. The summed E-state index contributed by atoms with van der Waals surface area (Å²) >= 11 is 7.33. The van der Waals surface area contributed by atoms with Crippen molar-refractivity contribution in [1.29, 1.82) is 0 Å². The van der Waals surface area contributed by atoms with Gasteiger partial charge in [-0.15, -0.1) is 11.3 Å². The number of ketones is 1. The molecule has 0 bridgehead atoms. The molecule has 1 aliphatic rings. The first-order chi connectivity index (χ1) is 16.2. The first-order valence-corrected chi connectivity index (χ1v) is 13.0. The Bertz CT molecular complexity index is 1290. The number of nitrogens with two attached hydrogens (primary N) is 1. The van der Waals surface area contributed by atoms with Gasteiger partial charge < -0.3 is 10.4 Å². The Hall–Kier alpha value is -2.48. The molecule has 1 saturated carbocycles. The van der Waals surface area contributed by atoms with Crippen molar-refractivity contribution in [2.75, 3.05) is 11.9 Å². The summed E-state index contributed by atoms with van der Waals surface area (Å²) in [5, 5.41) is 20.8. The highest BCUT2D eigenvalue weighted by molar-refractivity contribution is 7.84. The van der Waals surface area contributed by atoms with Crippen molar-refractivity contribution in [2.24, 2.45) is 11.1 Å². The monoisotopic (exact) mass is 523 g/mol. The molecular formula is C21H22ClN5O5S2. The van der Waals surface area contributed by atoms with Crippen molar-refractivity contribution >= 4 is 44.8 Å². The Morgan fingerprint density at radius 2 is 2.06 bits per heavy atom. The molecule has 13 heteroatoms. The van der Waals surface area contributed by atoms with Crippen molar-refractivity contribution in [3.63, 3.8) is 0 Å². The molecule has 3 atom stereocenters. The number of rotatable bonds is 9. The van der Waals surface area contributed by atoms with Gasteiger partial charge in [-0.05, 0) is 47.9 Å². The van der Waals surface area contributed by atoms with E-state index >= 15 is 0 Å². The third-order valence-corrected chi connectivity index (χ3v) is 7.10. The van der Waals surface area contributed by atoms with E-state index in [1.165, 1.54) is 23.9 Å². The third-order valence-electron chi connectivity index (χ3n) is 5.45. The second-order valence-corrected chi connectivity index (χ2v) is 10.6. The van der Waals surface area contributed by atoms with Crippen LogP contribution >= 0.6 is 22.9 Å². The highest BCUT2D eigenvalue weighted by Gasteiger charge is 2.34. The number of nitrogens with one attached hydrogen (secondary N) is 1. The lowest BCUT2D eigenvalue weighted by molar-refractivity contribution is 0.101. The minimum absolute atomic E-state index is 0.214. The number of nitrogens with zero attached hydrogens (tertiary/aromatic N) is 3. The maximum Gasteiger partial charge on any atom is 0.333 e. The van der Waals surface area contributed by atoms with Crippen molar-refractivity contribution in [2.45, 2.75) is 31.4 Å². The van der Waals surface area contributed by atoms with Crippen molar-refractivity contribution in [1.82, 2.24) is 15.0 Å². The zero-order chi connectivity index (χ0) is 24.3. The fourth-order valence-electron chi connectivity index (χ4n) is 3.89. The van der Waals surface area contributed by atoms with Gasteiger partial charge in [-0.1, -0.05) is 11.6 Å². The zero-order valence-electron chi connectivity index (χ0n) is 17.8. The van der Waals surface area contributed by atoms with E-state index in [-0.39, 0.29) is 18.4 Å². The maximum absolute atomic E-state index is 13.2. The van der Waals surface area contributed by atoms with E-state index in [0.717, 1.165) is 11.1 Å². The van der Waals surface area contributed by atoms with Crippen LogP contribution in [0.3, 0.4) is 0 Å². The molecule has 0 amide bonds. The van der Waals surface area contributed by atoms with Gasteiger partial charge in [0.1, 0.15) is 12.1 Å². The molecule has 4 rings (SSSR count). The average molecular weight is 524 g/mol. The van der Waals surface area contributed by atoms with E-state index in [0.29, 0.717) is 40.5 Å². The van der Waals surface area contributed by atoms with Crippen molar-refractivity contribution in [3.05, 3.63) is 69.0 Å². The molecule has 0 aromatic carbocycles. The summed E-state index contributed by atoms with van der Waals surface area (Å²) in [5.41, 5.74) is 2.20. The van der Waals surface area contributed by atoms with E-state index in [1.807, 2.05) is 17.5 Å². The van der Waals surface area contributed by atoms with Crippen molar-refractivity contribution in [3.8, 4) is 0 Å². The number of hydrogen-bond donors (Lipinski definition) is 3. The number of carbonyl (C=O) groups excluding carboxylic acids is 1. The molecule has 3 aromatic heterocycles. The first-order valence-electron chi connectivity index (χ1n) is 10.3. The van der Waals surface area contributed by atoms with Gasteiger partial charge in [-0.3, -0.25) is 14.0 Å². The molecule has 3 heterocycles. The fourth-order valence-corrected chi connectivity index (χ4v) is 5.32. The molecule has 0 aliphatic heterocycles. The van der Waals surface area contributed by atoms with E-state index in [4.69, 9.17) is 16.7 Å². The summed E-state index contributed by atoms with van der Waals surface area (Å²) in [4.78, 5) is 26.0. The Morgan fingerprint density at radius 3 is 2.82 bits per heavy atom. The Kier molecular flexibility index (Phi) is 7.55. The fraction of sp³-hybridized carbons (Fsp3) is 0.333. The summed E-state index contributed by atoms with van der Waals surface area (Å²) in [7, 11) is -4.09. The summed E-state index contributed by atoms with van der Waals surface area (Å²) in [6.07, 6.45) is 6.66. The number of carbonyl (C=O) groups is 1. The number of thiophene rings is 1. The van der Waals surface area contributed by atoms with Crippen LogP contribution in [0.25, 0.3) is 0 Å². The molecule has 1 fully saturated rings. The van der Waals surface area contributed by atoms with Crippen LogP contribution in [0, 0.1) is 5.92 Å². The summed E-state index contributed by atoms with van der Waals surface area (Å²) < 4.78 is 26.7. The predicted octanol–water partition coefficient (Wildman–Crippen LogP) is 2.18. The van der Waals surface area contributed by atoms with Gasteiger partial charge in [-0.2, -0.15) is 8.42 Å². The van der Waals surface area contributed by atoms with Gasteiger partial charge >= 0.3 is 10.3 Å². The van der Waals surface area contributed by atoms with Gasteiger partial charge in [0.15, 0.2) is 0 Å². The van der Waals surface area contributed by atoms with Crippen LogP contribution < -0.4 is 10.5 Å². The van der Waals surface area contributed by atoms with E-state index in [2.05, 4.69) is 24.5 Å².